The summed E-state index contributed by atoms with van der Waals surface area (Å²) in [5.41, 5.74) is 23.5. The van der Waals surface area contributed by atoms with Gasteiger partial charge < -0.3 is 9.80 Å². The fourth-order valence-corrected chi connectivity index (χ4v) is 11.3. The van der Waals surface area contributed by atoms with E-state index in [4.69, 9.17) is 8.22 Å². The van der Waals surface area contributed by atoms with E-state index < -0.39 is 13.1 Å². The number of anilines is 6. The molecule has 346 valence electrons. The van der Waals surface area contributed by atoms with Crippen molar-refractivity contribution < 1.29 is 8.22 Å². The molecular formula is C70H56N2. The van der Waals surface area contributed by atoms with Crippen molar-refractivity contribution in [3.8, 4) is 55.6 Å². The zero-order valence-corrected chi connectivity index (χ0v) is 40.8. The molecule has 10 aromatic rings. The zero-order valence-electron chi connectivity index (χ0n) is 46.8. The molecule has 0 spiro atoms. The second-order valence-electron chi connectivity index (χ2n) is 20.1. The van der Waals surface area contributed by atoms with Gasteiger partial charge in [0.05, 0.1) is 8.22 Å². The number of benzene rings is 10. The van der Waals surface area contributed by atoms with Crippen LogP contribution in [0.5, 0.6) is 0 Å². The summed E-state index contributed by atoms with van der Waals surface area (Å²) in [6, 6.07) is 80.8. The van der Waals surface area contributed by atoms with Crippen molar-refractivity contribution in [1.29, 1.82) is 0 Å². The van der Waals surface area contributed by atoms with Crippen LogP contribution in [-0.2, 0) is 10.8 Å². The first-order valence-electron chi connectivity index (χ1n) is 27.7. The molecule has 10 aromatic carbocycles. The maximum absolute atomic E-state index is 8.11. The van der Waals surface area contributed by atoms with Gasteiger partial charge in [0.15, 0.2) is 0 Å². The minimum absolute atomic E-state index is 0.0982. The number of hydrogen-bond acceptors (Lipinski definition) is 2. The van der Waals surface area contributed by atoms with Gasteiger partial charge in [0, 0.05) is 45.0 Å². The van der Waals surface area contributed by atoms with E-state index in [0.29, 0.717) is 11.1 Å². The van der Waals surface area contributed by atoms with Crippen LogP contribution in [-0.4, -0.2) is 0 Å². The van der Waals surface area contributed by atoms with E-state index in [2.05, 4.69) is 219 Å². The molecule has 0 heterocycles. The molecule has 12 rings (SSSR count). The summed E-state index contributed by atoms with van der Waals surface area (Å²) < 4.78 is 46.6. The summed E-state index contributed by atoms with van der Waals surface area (Å²) in [4.78, 5) is 4.65. The van der Waals surface area contributed by atoms with E-state index in [-0.39, 0.29) is 22.9 Å². The normalized spacial score (nSPS) is 14.4. The van der Waals surface area contributed by atoms with Crippen LogP contribution in [0.3, 0.4) is 0 Å². The standard InChI is InChI=1S/C70H56N2/c1-7-47-17-21-49(22-18-47)51-25-33-55(34-26-51)71(59-41-43-63-61-13-9-11-15-65(61)69(3,4)67(63)45-59)57-37-29-53(30-38-57)54-31-39-58(40-32-54)72(56-35-27-52(28-36-56)50-23-19-48(8-2)20-24-50)60-42-44-64-62-14-10-12-16-66(62)70(5,6)68(64)46-60/h7-46H,1-2H2,3-6H3/i1D2,2D2,7D,8D. The molecule has 0 saturated carbocycles. The van der Waals surface area contributed by atoms with Crippen molar-refractivity contribution in [2.24, 2.45) is 0 Å². The van der Waals surface area contributed by atoms with Gasteiger partial charge in [0.25, 0.3) is 0 Å². The van der Waals surface area contributed by atoms with Crippen LogP contribution in [0.25, 0.3) is 67.7 Å². The molecule has 0 fully saturated rings. The van der Waals surface area contributed by atoms with Crippen LogP contribution in [0.4, 0.5) is 34.1 Å². The van der Waals surface area contributed by atoms with Gasteiger partial charge >= 0.3 is 0 Å². The smallest absolute Gasteiger partial charge is 0.0623 e. The van der Waals surface area contributed by atoms with E-state index in [1.807, 2.05) is 24.3 Å². The van der Waals surface area contributed by atoms with Crippen molar-refractivity contribution in [3.63, 3.8) is 0 Å². The Morgan fingerprint density at radius 1 is 0.319 bits per heavy atom. The average molecular weight is 931 g/mol. The molecule has 72 heavy (non-hydrogen) atoms. The fraction of sp³-hybridized carbons (Fsp3) is 0.0857. The maximum atomic E-state index is 8.11. The average Bonchev–Trinajstić information content (AvgIpc) is 3.91. The SMILES string of the molecule is [2H]C([2H])=C([2H])c1ccc(-c2ccc(N(c3ccc(-c4ccc(N(c5ccc(-c6ccc(C([2H])=C([2H])[2H])cc6)cc5)c5ccc6c(c5)C(C)(C)c5ccccc5-6)cc4)cc3)c3ccc4c(c3)C(C)(C)c3ccccc3-4)cc2)cc1. The molecule has 0 N–H and O–H groups in total. The number of hydrogen-bond donors (Lipinski definition) is 0. The highest BCUT2D eigenvalue weighted by molar-refractivity contribution is 5.89. The van der Waals surface area contributed by atoms with Crippen molar-refractivity contribution in [1.82, 2.24) is 0 Å². The first-order chi connectivity index (χ1) is 37.6. The third kappa shape index (κ3) is 7.59. The van der Waals surface area contributed by atoms with E-state index >= 15 is 0 Å². The Bertz CT molecular complexity index is 3720. The molecule has 0 unspecified atom stereocenters. The Balaban J connectivity index is 0.886. The fourth-order valence-electron chi connectivity index (χ4n) is 11.3. The Morgan fingerprint density at radius 2 is 0.583 bits per heavy atom. The number of rotatable bonds is 11. The Morgan fingerprint density at radius 3 is 0.889 bits per heavy atom. The van der Waals surface area contributed by atoms with Crippen molar-refractivity contribution in [3.05, 3.63) is 277 Å². The van der Waals surface area contributed by atoms with Gasteiger partial charge in [0.1, 0.15) is 0 Å². The summed E-state index contributed by atoms with van der Waals surface area (Å²) in [6.07, 6.45) is 0. The highest BCUT2D eigenvalue weighted by atomic mass is 15.1. The van der Waals surface area contributed by atoms with Gasteiger partial charge in [-0.1, -0.05) is 211 Å². The quantitative estimate of drug-likeness (QED) is 0.128. The number of nitrogens with zero attached hydrogens (tertiary/aromatic N) is 2. The van der Waals surface area contributed by atoms with Crippen LogP contribution >= 0.6 is 0 Å². The predicted octanol–water partition coefficient (Wildman–Crippen LogP) is 19.5. The monoisotopic (exact) mass is 930 g/mol. The largest absolute Gasteiger partial charge is 0.310 e. The zero-order chi connectivity index (χ0) is 54.0. The summed E-state index contributed by atoms with van der Waals surface area (Å²) >= 11 is 0. The lowest BCUT2D eigenvalue weighted by Gasteiger charge is -2.29. The summed E-state index contributed by atoms with van der Waals surface area (Å²) in [7, 11) is 0. The van der Waals surface area contributed by atoms with Crippen LogP contribution in [0.1, 0.15) is 69.3 Å². The van der Waals surface area contributed by atoms with Gasteiger partial charge in [-0.05, 0) is 162 Å². The third-order valence-corrected chi connectivity index (χ3v) is 15.2. The molecule has 2 aliphatic rings. The van der Waals surface area contributed by atoms with E-state index in [1.54, 1.807) is 24.3 Å². The molecule has 0 aliphatic heterocycles. The van der Waals surface area contributed by atoms with Crippen LogP contribution in [0.15, 0.2) is 244 Å². The molecule has 2 nitrogen and oxygen atoms in total. The maximum Gasteiger partial charge on any atom is 0.0623 e. The second-order valence-corrected chi connectivity index (χ2v) is 20.1. The summed E-state index contributed by atoms with van der Waals surface area (Å²) in [5, 5.41) is 0. The van der Waals surface area contributed by atoms with Crippen LogP contribution < -0.4 is 9.80 Å². The molecule has 0 amide bonds. The van der Waals surface area contributed by atoms with Crippen molar-refractivity contribution >= 4 is 46.2 Å². The highest BCUT2D eigenvalue weighted by Crippen LogP contribution is 2.52. The lowest BCUT2D eigenvalue weighted by Crippen LogP contribution is -2.16. The molecule has 0 aromatic heterocycles. The molecule has 0 bridgehead atoms. The molecule has 0 atom stereocenters. The summed E-state index contributed by atoms with van der Waals surface area (Å²) in [6.45, 7) is 8.25. The van der Waals surface area contributed by atoms with Crippen molar-refractivity contribution in [2.45, 2.75) is 38.5 Å². The molecular weight excluding hydrogens is 869 g/mol. The first kappa shape index (κ1) is 38.1. The van der Waals surface area contributed by atoms with Crippen LogP contribution in [0, 0.1) is 0 Å². The lowest BCUT2D eigenvalue weighted by atomic mass is 9.82. The van der Waals surface area contributed by atoms with E-state index in [0.717, 1.165) is 67.5 Å². The van der Waals surface area contributed by atoms with Gasteiger partial charge in [-0.3, -0.25) is 0 Å². The Hall–Kier alpha value is -8.72. The highest BCUT2D eigenvalue weighted by Gasteiger charge is 2.37. The lowest BCUT2D eigenvalue weighted by molar-refractivity contribution is 0.660. The molecule has 2 heteroatoms. The summed E-state index contributed by atoms with van der Waals surface area (Å²) in [5.74, 6) is 0. The second kappa shape index (κ2) is 17.6. The Kier molecular flexibility index (Phi) is 9.31. The van der Waals surface area contributed by atoms with E-state index in [1.165, 1.54) is 44.5 Å². The molecule has 2 aliphatic carbocycles. The van der Waals surface area contributed by atoms with Gasteiger partial charge in [0.2, 0.25) is 0 Å². The number of fused-ring (bicyclic) bond motifs is 6. The van der Waals surface area contributed by atoms with Gasteiger partial charge in [-0.15, -0.1) is 0 Å². The van der Waals surface area contributed by atoms with E-state index in [9.17, 15) is 0 Å². The third-order valence-electron chi connectivity index (χ3n) is 15.2. The predicted molar refractivity (Wildman–Crippen MR) is 307 cm³/mol. The topological polar surface area (TPSA) is 6.48 Å². The van der Waals surface area contributed by atoms with Crippen LogP contribution in [0.2, 0.25) is 0 Å². The Labute approximate surface area is 433 Å². The minimum Gasteiger partial charge on any atom is -0.310 e. The molecule has 0 saturated heterocycles. The minimum atomic E-state index is -0.503. The molecule has 0 radical (unpaired) electrons. The first-order valence-corrected chi connectivity index (χ1v) is 24.7. The van der Waals surface area contributed by atoms with Gasteiger partial charge in [-0.25, -0.2) is 0 Å². The van der Waals surface area contributed by atoms with Crippen molar-refractivity contribution in [2.75, 3.05) is 9.80 Å². The van der Waals surface area contributed by atoms with Gasteiger partial charge in [-0.2, -0.15) is 0 Å².